The molecule has 9 heteroatoms. The van der Waals surface area contributed by atoms with Crippen molar-refractivity contribution in [1.29, 1.82) is 0 Å². The Hall–Kier alpha value is -3.07. The van der Waals surface area contributed by atoms with Gasteiger partial charge in [0.2, 0.25) is 0 Å². The molecule has 3 aromatic rings. The van der Waals surface area contributed by atoms with Gasteiger partial charge in [0.15, 0.2) is 5.69 Å². The molecule has 0 atom stereocenters. The quantitative estimate of drug-likeness (QED) is 0.602. The first kappa shape index (κ1) is 15.8. The van der Waals surface area contributed by atoms with Gasteiger partial charge in [-0.1, -0.05) is 18.2 Å². The number of carbonyl (C=O) groups excluding carboxylic acids is 2. The van der Waals surface area contributed by atoms with E-state index in [9.17, 15) is 14.4 Å². The summed E-state index contributed by atoms with van der Waals surface area (Å²) in [5.74, 6) is -1.09. The Labute approximate surface area is 139 Å². The van der Waals surface area contributed by atoms with E-state index < -0.39 is 11.8 Å². The lowest BCUT2D eigenvalue weighted by molar-refractivity contribution is 0.0846. The molecule has 0 aliphatic carbocycles. The van der Waals surface area contributed by atoms with Crippen LogP contribution in [0.3, 0.4) is 0 Å². The molecule has 0 aliphatic rings. The number of nitrogens with zero attached hydrogens (tertiary/aromatic N) is 2. The van der Waals surface area contributed by atoms with Crippen LogP contribution >= 0.6 is 11.3 Å². The number of aryl methyl sites for hydroxylation is 2. The average molecular weight is 343 g/mol. The Morgan fingerprint density at radius 1 is 1.08 bits per heavy atom. The van der Waals surface area contributed by atoms with Gasteiger partial charge in [0.25, 0.3) is 17.4 Å². The van der Waals surface area contributed by atoms with Crippen LogP contribution in [0.5, 0.6) is 0 Å². The number of hydrogen-bond donors (Lipinski definition) is 3. The molecule has 0 aliphatic heterocycles. The first-order chi connectivity index (χ1) is 11.5. The summed E-state index contributed by atoms with van der Waals surface area (Å²) in [7, 11) is 0. The zero-order valence-electron chi connectivity index (χ0n) is 12.8. The van der Waals surface area contributed by atoms with E-state index in [1.54, 1.807) is 38.1 Å². The van der Waals surface area contributed by atoms with Gasteiger partial charge in [-0.15, -0.1) is 11.3 Å². The van der Waals surface area contributed by atoms with Crippen molar-refractivity contribution in [3.05, 3.63) is 55.9 Å². The van der Waals surface area contributed by atoms with E-state index >= 15 is 0 Å². The number of hydrazine groups is 1. The monoisotopic (exact) mass is 343 g/mol. The fourth-order valence-corrected chi connectivity index (χ4v) is 3.07. The number of amides is 2. The number of H-pyrrole nitrogens is 1. The topological polar surface area (TPSA) is 117 Å². The van der Waals surface area contributed by atoms with E-state index in [0.717, 1.165) is 5.01 Å². The summed E-state index contributed by atoms with van der Waals surface area (Å²) in [5.41, 5.74) is 4.86. The molecule has 0 bridgehead atoms. The van der Waals surface area contributed by atoms with Crippen molar-refractivity contribution in [3.63, 3.8) is 0 Å². The molecule has 24 heavy (non-hydrogen) atoms. The summed E-state index contributed by atoms with van der Waals surface area (Å²) in [5, 5.41) is 7.54. The molecular weight excluding hydrogens is 330 g/mol. The van der Waals surface area contributed by atoms with E-state index in [4.69, 9.17) is 0 Å². The molecule has 0 saturated carbocycles. The number of carbonyl (C=O) groups is 2. The van der Waals surface area contributed by atoms with Crippen LogP contribution in [0, 0.1) is 13.8 Å². The molecule has 0 fully saturated rings. The Kier molecular flexibility index (Phi) is 4.09. The van der Waals surface area contributed by atoms with Crippen LogP contribution in [0.25, 0.3) is 10.8 Å². The van der Waals surface area contributed by atoms with Crippen LogP contribution in [-0.4, -0.2) is 27.0 Å². The fraction of sp³-hybridized carbons (Fsp3) is 0.133. The Bertz CT molecular complexity index is 1010. The standard InChI is InChI=1S/C15H13N5O3S/c1-7-12(24-8(2)16-7)15(23)20-19-14(22)11-9-5-3-4-6-10(9)13(21)18-17-11/h3-6H,1-2H3,(H,18,21)(H,19,22)(H,20,23). The number of rotatable bonds is 2. The number of aromatic amines is 1. The molecule has 0 radical (unpaired) electrons. The smallest absolute Gasteiger partial charge is 0.267 e. The van der Waals surface area contributed by atoms with Crippen molar-refractivity contribution < 1.29 is 9.59 Å². The minimum atomic E-state index is -0.630. The van der Waals surface area contributed by atoms with E-state index in [0.29, 0.717) is 21.3 Å². The summed E-state index contributed by atoms with van der Waals surface area (Å²) in [6, 6.07) is 6.60. The summed E-state index contributed by atoms with van der Waals surface area (Å²) in [4.78, 5) is 40.7. The van der Waals surface area contributed by atoms with Crippen molar-refractivity contribution in [2.75, 3.05) is 0 Å². The number of fused-ring (bicyclic) bond motifs is 1. The second-order valence-corrected chi connectivity index (χ2v) is 6.21. The maximum absolute atomic E-state index is 12.3. The van der Waals surface area contributed by atoms with Crippen molar-refractivity contribution in [1.82, 2.24) is 26.0 Å². The first-order valence-corrected chi connectivity index (χ1v) is 7.81. The number of thiazole rings is 1. The average Bonchev–Trinajstić information content (AvgIpc) is 2.91. The van der Waals surface area contributed by atoms with Gasteiger partial charge in [-0.2, -0.15) is 5.10 Å². The lowest BCUT2D eigenvalue weighted by Gasteiger charge is -2.07. The van der Waals surface area contributed by atoms with Crippen LogP contribution in [-0.2, 0) is 0 Å². The van der Waals surface area contributed by atoms with Crippen LogP contribution in [0.4, 0.5) is 0 Å². The predicted molar refractivity (Wildman–Crippen MR) is 88.9 cm³/mol. The molecule has 2 heterocycles. The summed E-state index contributed by atoms with van der Waals surface area (Å²) in [6.07, 6.45) is 0. The largest absolute Gasteiger partial charge is 0.290 e. The third kappa shape index (κ3) is 2.88. The second-order valence-electron chi connectivity index (χ2n) is 5.00. The highest BCUT2D eigenvalue weighted by Crippen LogP contribution is 2.16. The van der Waals surface area contributed by atoms with Crippen molar-refractivity contribution in [2.24, 2.45) is 0 Å². The fourth-order valence-electron chi connectivity index (χ4n) is 2.26. The SMILES string of the molecule is Cc1nc(C)c(C(=O)NNC(=O)c2n[nH]c(=O)c3ccccc23)s1. The molecule has 2 amide bonds. The molecule has 8 nitrogen and oxygen atoms in total. The molecule has 1 aromatic carbocycles. The lowest BCUT2D eigenvalue weighted by atomic mass is 10.1. The highest BCUT2D eigenvalue weighted by molar-refractivity contribution is 7.13. The van der Waals surface area contributed by atoms with Gasteiger partial charge >= 0.3 is 0 Å². The van der Waals surface area contributed by atoms with Gasteiger partial charge in [0, 0.05) is 5.39 Å². The maximum Gasteiger partial charge on any atom is 0.290 e. The van der Waals surface area contributed by atoms with Gasteiger partial charge in [-0.05, 0) is 19.9 Å². The minimum absolute atomic E-state index is 0.0164. The number of hydrogen-bond acceptors (Lipinski definition) is 6. The van der Waals surface area contributed by atoms with Gasteiger partial charge in [0.1, 0.15) is 4.88 Å². The molecule has 3 rings (SSSR count). The van der Waals surface area contributed by atoms with Gasteiger partial charge < -0.3 is 0 Å². The Morgan fingerprint density at radius 3 is 2.42 bits per heavy atom. The highest BCUT2D eigenvalue weighted by Gasteiger charge is 2.17. The normalized spacial score (nSPS) is 10.6. The second kappa shape index (κ2) is 6.20. The van der Waals surface area contributed by atoms with Crippen molar-refractivity contribution >= 4 is 33.9 Å². The number of aromatic nitrogens is 3. The Morgan fingerprint density at radius 2 is 1.75 bits per heavy atom. The van der Waals surface area contributed by atoms with Crippen LogP contribution in [0.15, 0.2) is 29.1 Å². The van der Waals surface area contributed by atoms with Gasteiger partial charge in [-0.3, -0.25) is 25.2 Å². The zero-order valence-corrected chi connectivity index (χ0v) is 13.7. The summed E-state index contributed by atoms with van der Waals surface area (Å²) in [6.45, 7) is 3.51. The van der Waals surface area contributed by atoms with Gasteiger partial charge in [0.05, 0.1) is 16.1 Å². The van der Waals surface area contributed by atoms with Crippen LogP contribution in [0.1, 0.15) is 30.9 Å². The van der Waals surface area contributed by atoms with E-state index in [1.165, 1.54) is 11.3 Å². The predicted octanol–water partition coefficient (Wildman–Crippen LogP) is 1.07. The highest BCUT2D eigenvalue weighted by atomic mass is 32.1. The molecule has 122 valence electrons. The third-order valence-electron chi connectivity index (χ3n) is 3.31. The van der Waals surface area contributed by atoms with Crippen LogP contribution in [0.2, 0.25) is 0 Å². The van der Waals surface area contributed by atoms with Crippen LogP contribution < -0.4 is 16.4 Å². The lowest BCUT2D eigenvalue weighted by Crippen LogP contribution is -2.42. The van der Waals surface area contributed by atoms with E-state index in [-0.39, 0.29) is 11.3 Å². The Balaban J connectivity index is 1.81. The third-order valence-corrected chi connectivity index (χ3v) is 4.38. The van der Waals surface area contributed by atoms with Crippen molar-refractivity contribution in [2.45, 2.75) is 13.8 Å². The molecule has 0 spiro atoms. The molecule has 0 unspecified atom stereocenters. The summed E-state index contributed by atoms with van der Waals surface area (Å²) < 4.78 is 0. The maximum atomic E-state index is 12.3. The summed E-state index contributed by atoms with van der Waals surface area (Å²) >= 11 is 1.24. The molecular formula is C15H13N5O3S. The van der Waals surface area contributed by atoms with E-state index in [2.05, 4.69) is 26.0 Å². The van der Waals surface area contributed by atoms with E-state index in [1.807, 2.05) is 0 Å². The molecule has 2 aromatic heterocycles. The van der Waals surface area contributed by atoms with Crippen molar-refractivity contribution in [3.8, 4) is 0 Å². The van der Waals surface area contributed by atoms with Gasteiger partial charge in [-0.25, -0.2) is 10.1 Å². The molecule has 0 saturated heterocycles. The minimum Gasteiger partial charge on any atom is -0.267 e. The molecule has 3 N–H and O–H groups in total. The zero-order chi connectivity index (χ0) is 17.3. The number of nitrogens with one attached hydrogen (secondary N) is 3. The number of benzene rings is 1. The first-order valence-electron chi connectivity index (χ1n) is 6.99.